The lowest BCUT2D eigenvalue weighted by Crippen LogP contribution is -2.39. The van der Waals surface area contributed by atoms with E-state index in [-0.39, 0.29) is 24.5 Å². The number of anilines is 1. The first-order valence-corrected chi connectivity index (χ1v) is 8.79. The van der Waals surface area contributed by atoms with Crippen LogP contribution in [0.3, 0.4) is 0 Å². The van der Waals surface area contributed by atoms with Crippen molar-refractivity contribution in [2.45, 2.75) is 33.4 Å². The van der Waals surface area contributed by atoms with Crippen LogP contribution in [0.4, 0.5) is 5.69 Å². The fourth-order valence-electron chi connectivity index (χ4n) is 2.40. The molecule has 0 heterocycles. The summed E-state index contributed by atoms with van der Waals surface area (Å²) in [6, 6.07) is 14.4. The van der Waals surface area contributed by atoms with Gasteiger partial charge in [0, 0.05) is 24.2 Å². The SMILES string of the molecule is CC(=O)N(CC(=O)NCc1ccccc1Cl)c1ccc(OC(C)C)cc1. The molecule has 0 fully saturated rings. The number of nitrogens with zero attached hydrogens (tertiary/aromatic N) is 1. The molecule has 0 saturated heterocycles. The molecule has 138 valence electrons. The van der Waals surface area contributed by atoms with Crippen molar-refractivity contribution >= 4 is 29.1 Å². The van der Waals surface area contributed by atoms with Crippen LogP contribution >= 0.6 is 11.6 Å². The lowest BCUT2D eigenvalue weighted by Gasteiger charge is -2.21. The molecule has 0 spiro atoms. The van der Waals surface area contributed by atoms with Crippen molar-refractivity contribution in [2.24, 2.45) is 0 Å². The zero-order valence-corrected chi connectivity index (χ0v) is 15.9. The van der Waals surface area contributed by atoms with Crippen LogP contribution in [0.2, 0.25) is 5.02 Å². The molecule has 0 aliphatic rings. The fourth-order valence-corrected chi connectivity index (χ4v) is 2.60. The monoisotopic (exact) mass is 374 g/mol. The van der Waals surface area contributed by atoms with Crippen LogP contribution in [0.1, 0.15) is 26.3 Å². The van der Waals surface area contributed by atoms with Gasteiger partial charge in [-0.05, 0) is 49.7 Å². The average Bonchev–Trinajstić information content (AvgIpc) is 2.59. The minimum atomic E-state index is -0.261. The summed E-state index contributed by atoms with van der Waals surface area (Å²) in [6.45, 7) is 5.56. The maximum absolute atomic E-state index is 12.3. The zero-order chi connectivity index (χ0) is 19.1. The summed E-state index contributed by atoms with van der Waals surface area (Å²) in [5.74, 6) is 0.244. The minimum absolute atomic E-state index is 0.0653. The van der Waals surface area contributed by atoms with E-state index in [0.717, 1.165) is 11.3 Å². The Morgan fingerprint density at radius 1 is 1.12 bits per heavy atom. The predicted molar refractivity (Wildman–Crippen MR) is 104 cm³/mol. The summed E-state index contributed by atoms with van der Waals surface area (Å²) in [4.78, 5) is 25.6. The van der Waals surface area contributed by atoms with Gasteiger partial charge in [-0.15, -0.1) is 0 Å². The highest BCUT2D eigenvalue weighted by atomic mass is 35.5. The predicted octanol–water partition coefficient (Wildman–Crippen LogP) is 3.80. The van der Waals surface area contributed by atoms with Crippen molar-refractivity contribution < 1.29 is 14.3 Å². The number of carbonyl (C=O) groups is 2. The Hall–Kier alpha value is -2.53. The lowest BCUT2D eigenvalue weighted by molar-refractivity contribution is -0.123. The summed E-state index contributed by atoms with van der Waals surface area (Å²) >= 11 is 6.08. The zero-order valence-electron chi connectivity index (χ0n) is 15.2. The van der Waals surface area contributed by atoms with Gasteiger partial charge in [0.05, 0.1) is 6.10 Å². The summed E-state index contributed by atoms with van der Waals surface area (Å²) in [6.07, 6.45) is 0.0698. The van der Waals surface area contributed by atoms with Gasteiger partial charge >= 0.3 is 0 Å². The molecule has 2 aromatic carbocycles. The molecule has 2 rings (SSSR count). The normalized spacial score (nSPS) is 10.5. The van der Waals surface area contributed by atoms with E-state index in [1.807, 2.05) is 32.0 Å². The highest BCUT2D eigenvalue weighted by Gasteiger charge is 2.16. The molecule has 0 aromatic heterocycles. The van der Waals surface area contributed by atoms with Crippen LogP contribution in [0.5, 0.6) is 5.75 Å². The lowest BCUT2D eigenvalue weighted by atomic mass is 10.2. The molecule has 0 unspecified atom stereocenters. The highest BCUT2D eigenvalue weighted by Crippen LogP contribution is 2.20. The van der Waals surface area contributed by atoms with Crippen molar-refractivity contribution in [3.63, 3.8) is 0 Å². The number of nitrogens with one attached hydrogen (secondary N) is 1. The average molecular weight is 375 g/mol. The molecule has 0 atom stereocenters. The van der Waals surface area contributed by atoms with Gasteiger partial charge < -0.3 is 15.0 Å². The van der Waals surface area contributed by atoms with E-state index >= 15 is 0 Å². The number of rotatable bonds is 7. The number of ether oxygens (including phenoxy) is 1. The van der Waals surface area contributed by atoms with Crippen LogP contribution in [-0.2, 0) is 16.1 Å². The van der Waals surface area contributed by atoms with Crippen molar-refractivity contribution in [1.29, 1.82) is 0 Å². The maximum Gasteiger partial charge on any atom is 0.240 e. The van der Waals surface area contributed by atoms with Gasteiger partial charge in [-0.25, -0.2) is 0 Å². The molecule has 0 bridgehead atoms. The van der Waals surface area contributed by atoms with Crippen LogP contribution in [0, 0.1) is 0 Å². The Labute approximate surface area is 158 Å². The van der Waals surface area contributed by atoms with Crippen LogP contribution in [-0.4, -0.2) is 24.5 Å². The van der Waals surface area contributed by atoms with E-state index in [9.17, 15) is 9.59 Å². The fraction of sp³-hybridized carbons (Fsp3) is 0.300. The molecule has 0 saturated carbocycles. The smallest absolute Gasteiger partial charge is 0.240 e. The molecule has 2 amide bonds. The van der Waals surface area contributed by atoms with Gasteiger partial charge in [-0.2, -0.15) is 0 Å². The van der Waals surface area contributed by atoms with E-state index in [4.69, 9.17) is 16.3 Å². The van der Waals surface area contributed by atoms with Gasteiger partial charge in [-0.1, -0.05) is 29.8 Å². The molecule has 5 nitrogen and oxygen atoms in total. The Morgan fingerprint density at radius 2 is 1.77 bits per heavy atom. The molecule has 2 aromatic rings. The van der Waals surface area contributed by atoms with Crippen LogP contribution in [0.15, 0.2) is 48.5 Å². The topological polar surface area (TPSA) is 58.6 Å². The molecule has 0 aliphatic heterocycles. The van der Waals surface area contributed by atoms with Crippen LogP contribution in [0.25, 0.3) is 0 Å². The van der Waals surface area contributed by atoms with Crippen molar-refractivity contribution in [1.82, 2.24) is 5.32 Å². The Bertz CT molecular complexity index is 760. The summed E-state index contributed by atoms with van der Waals surface area (Å²) in [5.41, 5.74) is 1.47. The van der Waals surface area contributed by atoms with Crippen molar-refractivity contribution in [3.8, 4) is 5.75 Å². The largest absolute Gasteiger partial charge is 0.491 e. The molecular weight excluding hydrogens is 352 g/mol. The van der Waals surface area contributed by atoms with Gasteiger partial charge in [-0.3, -0.25) is 9.59 Å². The van der Waals surface area contributed by atoms with Gasteiger partial charge in [0.15, 0.2) is 0 Å². The molecular formula is C20H23ClN2O3. The summed E-state index contributed by atoms with van der Waals surface area (Å²) < 4.78 is 5.59. The first-order chi connectivity index (χ1) is 12.4. The molecule has 0 aliphatic carbocycles. The minimum Gasteiger partial charge on any atom is -0.491 e. The quantitative estimate of drug-likeness (QED) is 0.802. The van der Waals surface area contributed by atoms with Crippen LogP contribution < -0.4 is 15.0 Å². The first kappa shape index (κ1) is 19.8. The standard InChI is InChI=1S/C20H23ClN2O3/c1-14(2)26-18-10-8-17(9-11-18)23(15(3)24)13-20(25)22-12-16-6-4-5-7-19(16)21/h4-11,14H,12-13H2,1-3H3,(H,22,25). The Kier molecular flexibility index (Phi) is 7.04. The number of halogens is 1. The number of hydrogen-bond donors (Lipinski definition) is 1. The first-order valence-electron chi connectivity index (χ1n) is 8.41. The molecule has 6 heteroatoms. The Balaban J connectivity index is 2.00. The number of benzene rings is 2. The number of amides is 2. The van der Waals surface area contributed by atoms with Crippen molar-refractivity contribution in [2.75, 3.05) is 11.4 Å². The van der Waals surface area contributed by atoms with E-state index in [0.29, 0.717) is 17.3 Å². The maximum atomic E-state index is 12.3. The summed E-state index contributed by atoms with van der Waals surface area (Å²) in [7, 11) is 0. The van der Waals surface area contributed by atoms with Gasteiger partial charge in [0.1, 0.15) is 12.3 Å². The van der Waals surface area contributed by atoms with E-state index in [2.05, 4.69) is 5.32 Å². The van der Waals surface area contributed by atoms with E-state index in [1.165, 1.54) is 11.8 Å². The molecule has 1 N–H and O–H groups in total. The van der Waals surface area contributed by atoms with Crippen molar-refractivity contribution in [3.05, 3.63) is 59.1 Å². The van der Waals surface area contributed by atoms with Gasteiger partial charge in [0.25, 0.3) is 0 Å². The third-order valence-corrected chi connectivity index (χ3v) is 4.00. The second-order valence-electron chi connectivity index (χ2n) is 6.13. The third kappa shape index (κ3) is 5.77. The van der Waals surface area contributed by atoms with Gasteiger partial charge in [0.2, 0.25) is 11.8 Å². The third-order valence-electron chi connectivity index (χ3n) is 3.64. The number of hydrogen-bond acceptors (Lipinski definition) is 3. The second-order valence-corrected chi connectivity index (χ2v) is 6.54. The second kappa shape index (κ2) is 9.25. The summed E-state index contributed by atoms with van der Waals surface area (Å²) in [5, 5.41) is 3.38. The molecule has 26 heavy (non-hydrogen) atoms. The van der Waals surface area contributed by atoms with E-state index in [1.54, 1.807) is 30.3 Å². The number of carbonyl (C=O) groups excluding carboxylic acids is 2. The Morgan fingerprint density at radius 3 is 2.35 bits per heavy atom. The van der Waals surface area contributed by atoms with E-state index < -0.39 is 0 Å². The molecule has 0 radical (unpaired) electrons. The highest BCUT2D eigenvalue weighted by molar-refractivity contribution is 6.31.